The summed E-state index contributed by atoms with van der Waals surface area (Å²) in [6.07, 6.45) is 2.21. The molecule has 0 saturated heterocycles. The minimum Gasteiger partial charge on any atom is -0.489 e. The molecule has 0 amide bonds. The molecule has 1 N–H and O–H groups in total. The van der Waals surface area contributed by atoms with Gasteiger partial charge in [0.05, 0.1) is 12.1 Å². The van der Waals surface area contributed by atoms with Crippen molar-refractivity contribution < 1.29 is 38.5 Å². The Morgan fingerprint density at radius 2 is 1.67 bits per heavy atom. The van der Waals surface area contributed by atoms with Gasteiger partial charge in [0.15, 0.2) is 0 Å². The molecule has 1 heterocycles. The van der Waals surface area contributed by atoms with E-state index in [4.69, 9.17) is 19.0 Å². The number of rotatable bonds is 9. The van der Waals surface area contributed by atoms with E-state index in [0.29, 0.717) is 29.2 Å². The summed E-state index contributed by atoms with van der Waals surface area (Å²) in [4.78, 5) is 42.3. The van der Waals surface area contributed by atoms with E-state index in [1.54, 1.807) is 65.8 Å². The summed E-state index contributed by atoms with van der Waals surface area (Å²) >= 11 is 0. The van der Waals surface area contributed by atoms with Gasteiger partial charge >= 0.3 is 17.9 Å². The van der Waals surface area contributed by atoms with Crippen molar-refractivity contribution in [3.8, 4) is 5.75 Å². The largest absolute Gasteiger partial charge is 0.489 e. The van der Waals surface area contributed by atoms with Crippen molar-refractivity contribution in [1.29, 1.82) is 0 Å². The molecule has 0 radical (unpaired) electrons. The highest BCUT2D eigenvalue weighted by atomic mass is 16.7. The van der Waals surface area contributed by atoms with Crippen LogP contribution in [0.2, 0.25) is 0 Å². The molecule has 9 nitrogen and oxygen atoms in total. The van der Waals surface area contributed by atoms with Crippen LogP contribution in [0.5, 0.6) is 5.75 Å². The first-order valence-electron chi connectivity index (χ1n) is 12.6. The molecule has 0 bridgehead atoms. The Hall–Kier alpha value is -4.14. The zero-order chi connectivity index (χ0) is 28.8. The monoisotopic (exact) mass is 537 g/mol. The van der Waals surface area contributed by atoms with E-state index >= 15 is 0 Å². The van der Waals surface area contributed by atoms with Crippen LogP contribution in [0.3, 0.4) is 0 Å². The van der Waals surface area contributed by atoms with Crippen LogP contribution < -0.4 is 4.74 Å². The smallest absolute Gasteiger partial charge is 0.351 e. The van der Waals surface area contributed by atoms with Gasteiger partial charge in [-0.05, 0) is 76.9 Å². The Morgan fingerprint density at radius 3 is 2.28 bits per heavy atom. The summed E-state index contributed by atoms with van der Waals surface area (Å²) < 4.78 is 16.7. The number of aliphatic carboxylic acids is 1. The molecule has 9 heteroatoms. The number of oxime groups is 1. The van der Waals surface area contributed by atoms with Gasteiger partial charge in [0.25, 0.3) is 0 Å². The first kappa shape index (κ1) is 29.4. The third kappa shape index (κ3) is 8.98. The Kier molecular flexibility index (Phi) is 8.84. The molecular weight excluding hydrogens is 502 g/mol. The highest BCUT2D eigenvalue weighted by Gasteiger charge is 2.50. The van der Waals surface area contributed by atoms with Crippen molar-refractivity contribution in [2.24, 2.45) is 5.16 Å². The standard InChI is InChI=1S/C30H35NO8/c1-28(2,3)37-25(32)13-12-21-14-22(16-23(15-21)36-19-20-10-8-7-9-11-20)24-17-30(27(34)35,39-31-24)18-26(33)38-29(4,5)6/h7-16H,17-19H2,1-6H3,(H,34,35). The molecule has 0 aliphatic carbocycles. The lowest BCUT2D eigenvalue weighted by molar-refractivity contribution is -0.175. The first-order chi connectivity index (χ1) is 18.1. The number of carboxylic acid groups (broad SMARTS) is 1. The van der Waals surface area contributed by atoms with Crippen LogP contribution in [0.4, 0.5) is 0 Å². The fourth-order valence-corrected chi connectivity index (χ4v) is 3.74. The zero-order valence-electron chi connectivity index (χ0n) is 23.1. The van der Waals surface area contributed by atoms with Gasteiger partial charge in [0, 0.05) is 18.1 Å². The van der Waals surface area contributed by atoms with Gasteiger partial charge in [0.1, 0.15) is 23.6 Å². The fourth-order valence-electron chi connectivity index (χ4n) is 3.74. The van der Waals surface area contributed by atoms with Gasteiger partial charge < -0.3 is 24.2 Å². The van der Waals surface area contributed by atoms with E-state index in [9.17, 15) is 19.5 Å². The molecule has 1 aliphatic heterocycles. The number of benzene rings is 2. The molecule has 39 heavy (non-hydrogen) atoms. The summed E-state index contributed by atoms with van der Waals surface area (Å²) in [7, 11) is 0. The SMILES string of the molecule is CC(C)(C)OC(=O)C=Cc1cc(OCc2ccccc2)cc(C2=NOC(CC(=O)OC(C)(C)C)(C(=O)O)C2)c1. The van der Waals surface area contributed by atoms with Gasteiger partial charge in [-0.1, -0.05) is 35.5 Å². The number of hydrogen-bond acceptors (Lipinski definition) is 8. The Morgan fingerprint density at radius 1 is 1.00 bits per heavy atom. The predicted molar refractivity (Wildman–Crippen MR) is 145 cm³/mol. The second-order valence-electron chi connectivity index (χ2n) is 11.3. The number of nitrogens with zero attached hydrogens (tertiary/aromatic N) is 1. The van der Waals surface area contributed by atoms with Gasteiger partial charge in [-0.3, -0.25) is 4.79 Å². The van der Waals surface area contributed by atoms with E-state index in [-0.39, 0.29) is 6.42 Å². The summed E-state index contributed by atoms with van der Waals surface area (Å²) in [6, 6.07) is 14.8. The van der Waals surface area contributed by atoms with Crippen molar-refractivity contribution in [3.63, 3.8) is 0 Å². The zero-order valence-corrected chi connectivity index (χ0v) is 23.1. The maximum absolute atomic E-state index is 12.5. The van der Waals surface area contributed by atoms with Crippen molar-refractivity contribution >= 4 is 29.7 Å². The maximum Gasteiger partial charge on any atom is 0.351 e. The number of esters is 2. The summed E-state index contributed by atoms with van der Waals surface area (Å²) in [6.45, 7) is 10.7. The lowest BCUT2D eigenvalue weighted by Crippen LogP contribution is -2.42. The minimum absolute atomic E-state index is 0.168. The third-order valence-corrected chi connectivity index (χ3v) is 5.35. The number of carbonyl (C=O) groups excluding carboxylic acids is 2. The molecule has 0 spiro atoms. The normalized spacial score (nSPS) is 17.3. The lowest BCUT2D eigenvalue weighted by atomic mass is 9.90. The summed E-state index contributed by atoms with van der Waals surface area (Å²) in [5.74, 6) is -2.07. The number of carbonyl (C=O) groups is 3. The van der Waals surface area contributed by atoms with Gasteiger partial charge in [-0.25, -0.2) is 9.59 Å². The van der Waals surface area contributed by atoms with Gasteiger partial charge in [-0.15, -0.1) is 0 Å². The van der Waals surface area contributed by atoms with Crippen molar-refractivity contribution in [2.75, 3.05) is 0 Å². The second-order valence-corrected chi connectivity index (χ2v) is 11.3. The average molecular weight is 538 g/mol. The first-order valence-corrected chi connectivity index (χ1v) is 12.6. The van der Waals surface area contributed by atoms with Crippen LogP contribution in [-0.4, -0.2) is 45.5 Å². The molecule has 2 aromatic carbocycles. The lowest BCUT2D eigenvalue weighted by Gasteiger charge is -2.24. The minimum atomic E-state index is -1.90. The Bertz CT molecular complexity index is 1270. The van der Waals surface area contributed by atoms with Crippen LogP contribution in [0.25, 0.3) is 6.08 Å². The third-order valence-electron chi connectivity index (χ3n) is 5.35. The van der Waals surface area contributed by atoms with Crippen molar-refractivity contribution in [1.82, 2.24) is 0 Å². The van der Waals surface area contributed by atoms with E-state index in [2.05, 4.69) is 5.16 Å². The predicted octanol–water partition coefficient (Wildman–Crippen LogP) is 5.30. The molecule has 1 unspecified atom stereocenters. The fraction of sp³-hybridized carbons (Fsp3) is 0.400. The Balaban J connectivity index is 1.88. The van der Waals surface area contributed by atoms with Crippen LogP contribution in [0.1, 0.15) is 71.1 Å². The molecule has 0 aromatic heterocycles. The van der Waals surface area contributed by atoms with Crippen LogP contribution >= 0.6 is 0 Å². The van der Waals surface area contributed by atoms with E-state index in [1.165, 1.54) is 6.08 Å². The molecule has 1 aliphatic rings. The number of carboxylic acids is 1. The van der Waals surface area contributed by atoms with Crippen molar-refractivity contribution in [3.05, 3.63) is 71.3 Å². The highest BCUT2D eigenvalue weighted by molar-refractivity contribution is 6.06. The van der Waals surface area contributed by atoms with E-state index < -0.39 is 41.1 Å². The maximum atomic E-state index is 12.5. The van der Waals surface area contributed by atoms with Crippen LogP contribution in [0.15, 0.2) is 59.8 Å². The summed E-state index contributed by atoms with van der Waals surface area (Å²) in [5.41, 5.74) is -0.919. The van der Waals surface area contributed by atoms with Crippen LogP contribution in [-0.2, 0) is 35.3 Å². The molecule has 3 rings (SSSR count). The summed E-state index contributed by atoms with van der Waals surface area (Å²) in [5, 5.41) is 14.0. The van der Waals surface area contributed by atoms with E-state index in [0.717, 1.165) is 5.56 Å². The van der Waals surface area contributed by atoms with Gasteiger partial charge in [-0.2, -0.15) is 0 Å². The molecule has 1 atom stereocenters. The highest BCUT2D eigenvalue weighted by Crippen LogP contribution is 2.33. The average Bonchev–Trinajstić information content (AvgIpc) is 3.25. The molecule has 2 aromatic rings. The molecular formula is C30H35NO8. The Labute approximate surface area is 228 Å². The van der Waals surface area contributed by atoms with Crippen molar-refractivity contribution in [2.45, 2.75) is 77.8 Å². The quantitative estimate of drug-likeness (QED) is 0.338. The second kappa shape index (κ2) is 11.7. The number of hydrogen-bond donors (Lipinski definition) is 1. The van der Waals surface area contributed by atoms with E-state index in [1.807, 2.05) is 30.3 Å². The molecule has 0 saturated carbocycles. The van der Waals surface area contributed by atoms with Gasteiger partial charge in [0.2, 0.25) is 5.60 Å². The van der Waals surface area contributed by atoms with Crippen LogP contribution in [0, 0.1) is 0 Å². The molecule has 0 fully saturated rings. The topological polar surface area (TPSA) is 121 Å². The molecule has 208 valence electrons. The number of ether oxygens (including phenoxy) is 3.